The quantitative estimate of drug-likeness (QED) is 0.783. The highest BCUT2D eigenvalue weighted by atomic mass is 16.1. The summed E-state index contributed by atoms with van der Waals surface area (Å²) >= 11 is 0. The zero-order valence-electron chi connectivity index (χ0n) is 11.9. The molecule has 3 rings (SSSR count). The zero-order valence-corrected chi connectivity index (χ0v) is 11.9. The van der Waals surface area contributed by atoms with E-state index < -0.39 is 0 Å². The summed E-state index contributed by atoms with van der Waals surface area (Å²) in [6.07, 6.45) is 7.61. The van der Waals surface area contributed by atoms with Crippen molar-refractivity contribution >= 4 is 11.6 Å². The normalized spacial score (nSPS) is 10.4. The number of carbonyl (C=O) groups excluding carboxylic acids is 1. The molecule has 110 valence electrons. The van der Waals surface area contributed by atoms with Gasteiger partial charge >= 0.3 is 0 Å². The molecular weight excluding hydrogens is 278 g/mol. The molecule has 22 heavy (non-hydrogen) atoms. The van der Waals surface area contributed by atoms with E-state index in [1.807, 2.05) is 36.4 Å². The second-order valence-corrected chi connectivity index (χ2v) is 4.77. The maximum atomic E-state index is 12.1. The lowest BCUT2D eigenvalue weighted by atomic mass is 10.1. The van der Waals surface area contributed by atoms with Crippen LogP contribution in [0.3, 0.4) is 0 Å². The van der Waals surface area contributed by atoms with Crippen molar-refractivity contribution in [2.24, 2.45) is 0 Å². The van der Waals surface area contributed by atoms with Crippen molar-refractivity contribution in [2.75, 3.05) is 5.32 Å². The molecule has 0 aliphatic rings. The van der Waals surface area contributed by atoms with Crippen LogP contribution in [0.2, 0.25) is 0 Å². The van der Waals surface area contributed by atoms with E-state index in [1.54, 1.807) is 23.4 Å². The molecular formula is C16H15N5O. The fraction of sp³-hybridized carbons (Fsp3) is 0.125. The number of hydrogen-bond donors (Lipinski definition) is 1. The minimum atomic E-state index is -0.0450. The maximum Gasteiger partial charge on any atom is 0.224 e. The van der Waals surface area contributed by atoms with Crippen molar-refractivity contribution < 1.29 is 4.79 Å². The summed E-state index contributed by atoms with van der Waals surface area (Å²) < 4.78 is 1.62. The first kappa shape index (κ1) is 13.9. The van der Waals surface area contributed by atoms with Crippen LogP contribution in [0.1, 0.15) is 12.0 Å². The number of aromatic nitrogens is 4. The standard InChI is InChI=1S/C16H15N5O/c22-16(8-7-13-4-3-9-17-10-13)20-14-5-1-2-6-15(14)21-12-18-11-19-21/h1-6,9-12H,7-8H2,(H,20,22). The minimum absolute atomic E-state index is 0.0450. The SMILES string of the molecule is O=C(CCc1cccnc1)Nc1ccccc1-n1cncn1. The number of rotatable bonds is 5. The highest BCUT2D eigenvalue weighted by Gasteiger charge is 2.08. The van der Waals surface area contributed by atoms with Crippen LogP contribution in [0.15, 0.2) is 61.4 Å². The molecule has 1 N–H and O–H groups in total. The van der Waals surface area contributed by atoms with Crippen molar-refractivity contribution in [3.8, 4) is 5.69 Å². The molecule has 0 saturated heterocycles. The minimum Gasteiger partial charge on any atom is -0.324 e. The van der Waals surface area contributed by atoms with Crippen molar-refractivity contribution in [3.63, 3.8) is 0 Å². The largest absolute Gasteiger partial charge is 0.324 e. The maximum absolute atomic E-state index is 12.1. The molecule has 3 aromatic rings. The number of hydrogen-bond acceptors (Lipinski definition) is 4. The van der Waals surface area contributed by atoms with E-state index in [-0.39, 0.29) is 5.91 Å². The first-order chi connectivity index (χ1) is 10.8. The van der Waals surface area contributed by atoms with Crippen LogP contribution >= 0.6 is 0 Å². The Bertz CT molecular complexity index is 740. The fourth-order valence-corrected chi connectivity index (χ4v) is 2.13. The van der Waals surface area contributed by atoms with Crippen molar-refractivity contribution in [3.05, 3.63) is 67.0 Å². The first-order valence-corrected chi connectivity index (χ1v) is 6.96. The lowest BCUT2D eigenvalue weighted by Crippen LogP contribution is -2.14. The Hall–Kier alpha value is -3.02. The highest BCUT2D eigenvalue weighted by molar-refractivity contribution is 5.92. The van der Waals surface area contributed by atoms with Gasteiger partial charge in [-0.1, -0.05) is 18.2 Å². The number of amides is 1. The molecule has 6 heteroatoms. The number of benzene rings is 1. The molecule has 0 aliphatic heterocycles. The zero-order chi connectivity index (χ0) is 15.2. The molecule has 0 saturated carbocycles. The van der Waals surface area contributed by atoms with E-state index in [0.717, 1.165) is 11.3 Å². The molecule has 0 bridgehead atoms. The van der Waals surface area contributed by atoms with Crippen molar-refractivity contribution in [1.29, 1.82) is 0 Å². The Kier molecular flexibility index (Phi) is 4.20. The van der Waals surface area contributed by atoms with Gasteiger partial charge in [0.2, 0.25) is 5.91 Å². The molecule has 0 atom stereocenters. The van der Waals surface area contributed by atoms with E-state index >= 15 is 0 Å². The van der Waals surface area contributed by atoms with Gasteiger partial charge in [-0.3, -0.25) is 9.78 Å². The summed E-state index contributed by atoms with van der Waals surface area (Å²) in [5.41, 5.74) is 2.54. The molecule has 1 aromatic carbocycles. The van der Waals surface area contributed by atoms with Crippen LogP contribution in [0.5, 0.6) is 0 Å². The first-order valence-electron chi connectivity index (χ1n) is 6.96. The molecule has 0 spiro atoms. The van der Waals surface area contributed by atoms with E-state index in [2.05, 4.69) is 20.4 Å². The molecule has 1 amide bonds. The molecule has 0 unspecified atom stereocenters. The van der Waals surface area contributed by atoms with Gasteiger partial charge in [-0.2, -0.15) is 5.10 Å². The van der Waals surface area contributed by atoms with E-state index in [0.29, 0.717) is 18.5 Å². The predicted molar refractivity (Wildman–Crippen MR) is 82.5 cm³/mol. The summed E-state index contributed by atoms with van der Waals surface area (Å²) in [5, 5.41) is 7.02. The topological polar surface area (TPSA) is 72.7 Å². The number of pyridine rings is 1. The van der Waals surface area contributed by atoms with Crippen LogP contribution in [0.25, 0.3) is 5.69 Å². The molecule has 2 aromatic heterocycles. The number of para-hydroxylation sites is 2. The van der Waals surface area contributed by atoms with Gasteiger partial charge in [0.1, 0.15) is 12.7 Å². The second-order valence-electron chi connectivity index (χ2n) is 4.77. The van der Waals surface area contributed by atoms with Gasteiger partial charge < -0.3 is 5.32 Å². The Labute approximate surface area is 127 Å². The molecule has 2 heterocycles. The van der Waals surface area contributed by atoms with Crippen LogP contribution < -0.4 is 5.32 Å². The van der Waals surface area contributed by atoms with Gasteiger partial charge in [0.25, 0.3) is 0 Å². The smallest absolute Gasteiger partial charge is 0.224 e. The van der Waals surface area contributed by atoms with Crippen molar-refractivity contribution in [1.82, 2.24) is 19.7 Å². The number of carbonyl (C=O) groups is 1. The van der Waals surface area contributed by atoms with Gasteiger partial charge in [0.05, 0.1) is 11.4 Å². The lowest BCUT2D eigenvalue weighted by molar-refractivity contribution is -0.116. The number of aryl methyl sites for hydroxylation is 1. The van der Waals surface area contributed by atoms with Gasteiger partial charge in [0.15, 0.2) is 0 Å². The predicted octanol–water partition coefficient (Wildman–Crippen LogP) is 2.23. The molecule has 6 nitrogen and oxygen atoms in total. The van der Waals surface area contributed by atoms with Gasteiger partial charge in [-0.25, -0.2) is 9.67 Å². The Morgan fingerprint density at radius 2 is 2.05 bits per heavy atom. The fourth-order valence-electron chi connectivity index (χ4n) is 2.13. The van der Waals surface area contributed by atoms with E-state index in [1.165, 1.54) is 6.33 Å². The summed E-state index contributed by atoms with van der Waals surface area (Å²) in [6, 6.07) is 11.3. The van der Waals surface area contributed by atoms with Gasteiger partial charge in [-0.05, 0) is 30.2 Å². The number of anilines is 1. The summed E-state index contributed by atoms with van der Waals surface area (Å²) in [4.78, 5) is 20.1. The third-order valence-electron chi connectivity index (χ3n) is 3.21. The second kappa shape index (κ2) is 6.62. The Morgan fingerprint density at radius 3 is 2.82 bits per heavy atom. The highest BCUT2D eigenvalue weighted by Crippen LogP contribution is 2.19. The molecule has 0 aliphatic carbocycles. The third kappa shape index (κ3) is 3.35. The van der Waals surface area contributed by atoms with Crippen LogP contribution in [-0.2, 0) is 11.2 Å². The van der Waals surface area contributed by atoms with Crippen molar-refractivity contribution in [2.45, 2.75) is 12.8 Å². The Morgan fingerprint density at radius 1 is 1.14 bits per heavy atom. The van der Waals surface area contributed by atoms with E-state index in [9.17, 15) is 4.79 Å². The lowest BCUT2D eigenvalue weighted by Gasteiger charge is -2.10. The summed E-state index contributed by atoms with van der Waals surface area (Å²) in [7, 11) is 0. The number of nitrogens with zero attached hydrogens (tertiary/aromatic N) is 4. The van der Waals surface area contributed by atoms with Crippen LogP contribution in [-0.4, -0.2) is 25.7 Å². The van der Waals surface area contributed by atoms with Gasteiger partial charge in [0, 0.05) is 18.8 Å². The number of nitrogens with one attached hydrogen (secondary N) is 1. The third-order valence-corrected chi connectivity index (χ3v) is 3.21. The molecule has 0 fully saturated rings. The average Bonchev–Trinajstić information content (AvgIpc) is 3.09. The van der Waals surface area contributed by atoms with E-state index in [4.69, 9.17) is 0 Å². The summed E-state index contributed by atoms with van der Waals surface area (Å²) in [6.45, 7) is 0. The van der Waals surface area contributed by atoms with Gasteiger partial charge in [-0.15, -0.1) is 0 Å². The van der Waals surface area contributed by atoms with Crippen LogP contribution in [0, 0.1) is 0 Å². The Balaban J connectivity index is 1.67. The monoisotopic (exact) mass is 293 g/mol. The molecule has 0 radical (unpaired) electrons. The van der Waals surface area contributed by atoms with Crippen LogP contribution in [0.4, 0.5) is 5.69 Å². The summed E-state index contributed by atoms with van der Waals surface area (Å²) in [5.74, 6) is -0.0450. The average molecular weight is 293 g/mol.